The summed E-state index contributed by atoms with van der Waals surface area (Å²) in [5.74, 6) is 0.742. The molecule has 0 atom stereocenters. The van der Waals surface area contributed by atoms with Crippen LogP contribution < -0.4 is 0 Å². The molecule has 0 N–H and O–H groups in total. The average Bonchev–Trinajstić information content (AvgIpc) is 2.78. The summed E-state index contributed by atoms with van der Waals surface area (Å²) in [6.45, 7) is 2.06. The SMILES string of the molecule is CCC(=O)Cn1nnnc1-c1ccccc1. The fourth-order valence-electron chi connectivity index (χ4n) is 1.38. The molecule has 0 aliphatic carbocycles. The molecule has 82 valence electrons. The Balaban J connectivity index is 2.29. The van der Waals surface area contributed by atoms with Crippen LogP contribution in [0.1, 0.15) is 13.3 Å². The second-order valence-electron chi connectivity index (χ2n) is 3.42. The third-order valence-electron chi connectivity index (χ3n) is 2.28. The number of hydrogen-bond acceptors (Lipinski definition) is 4. The van der Waals surface area contributed by atoms with Crippen molar-refractivity contribution < 1.29 is 4.79 Å². The molecule has 0 spiro atoms. The standard InChI is InChI=1S/C11H12N4O/c1-2-10(16)8-15-11(12-13-14-15)9-6-4-3-5-7-9/h3-7H,2,8H2,1H3. The Hall–Kier alpha value is -2.04. The molecule has 16 heavy (non-hydrogen) atoms. The minimum atomic E-state index is 0.115. The van der Waals surface area contributed by atoms with E-state index >= 15 is 0 Å². The molecule has 2 rings (SSSR count). The van der Waals surface area contributed by atoms with E-state index in [0.29, 0.717) is 12.2 Å². The van der Waals surface area contributed by atoms with Gasteiger partial charge in [-0.15, -0.1) is 5.10 Å². The highest BCUT2D eigenvalue weighted by molar-refractivity contribution is 5.78. The lowest BCUT2D eigenvalue weighted by atomic mass is 10.2. The summed E-state index contributed by atoms with van der Waals surface area (Å²) in [7, 11) is 0. The molecule has 1 aromatic heterocycles. The smallest absolute Gasteiger partial charge is 0.182 e. The lowest BCUT2D eigenvalue weighted by Crippen LogP contribution is -2.11. The first kappa shape index (κ1) is 10.5. The van der Waals surface area contributed by atoms with Gasteiger partial charge in [0.05, 0.1) is 0 Å². The van der Waals surface area contributed by atoms with Gasteiger partial charge in [-0.3, -0.25) is 4.79 Å². The summed E-state index contributed by atoms with van der Waals surface area (Å²) >= 11 is 0. The van der Waals surface area contributed by atoms with Crippen LogP contribution in [-0.4, -0.2) is 26.0 Å². The quantitative estimate of drug-likeness (QED) is 0.773. The number of aromatic nitrogens is 4. The summed E-state index contributed by atoms with van der Waals surface area (Å²) < 4.78 is 1.53. The lowest BCUT2D eigenvalue weighted by molar-refractivity contribution is -0.119. The Labute approximate surface area is 93.1 Å². The number of tetrazole rings is 1. The molecule has 1 aromatic carbocycles. The molecule has 0 fully saturated rings. The molecule has 0 saturated heterocycles. The van der Waals surface area contributed by atoms with Gasteiger partial charge in [0.1, 0.15) is 6.54 Å². The zero-order chi connectivity index (χ0) is 11.4. The van der Waals surface area contributed by atoms with Gasteiger partial charge in [-0.05, 0) is 10.4 Å². The maximum absolute atomic E-state index is 11.3. The number of Topliss-reactive ketones (excluding diaryl/α,β-unsaturated/α-hetero) is 1. The first-order valence-corrected chi connectivity index (χ1v) is 5.14. The number of benzene rings is 1. The number of nitrogens with zero attached hydrogens (tertiary/aromatic N) is 4. The average molecular weight is 216 g/mol. The predicted octanol–water partition coefficient (Wildman–Crippen LogP) is 1.32. The molecule has 0 aliphatic heterocycles. The van der Waals surface area contributed by atoms with Crippen molar-refractivity contribution in [3.05, 3.63) is 30.3 Å². The highest BCUT2D eigenvalue weighted by atomic mass is 16.1. The minimum Gasteiger partial charge on any atom is -0.298 e. The van der Waals surface area contributed by atoms with Crippen molar-refractivity contribution in [3.8, 4) is 11.4 Å². The van der Waals surface area contributed by atoms with Gasteiger partial charge in [0.15, 0.2) is 11.6 Å². The van der Waals surface area contributed by atoms with E-state index in [4.69, 9.17) is 0 Å². The van der Waals surface area contributed by atoms with Gasteiger partial charge in [-0.1, -0.05) is 37.3 Å². The van der Waals surface area contributed by atoms with Crippen molar-refractivity contribution in [2.24, 2.45) is 0 Å². The largest absolute Gasteiger partial charge is 0.298 e. The fraction of sp³-hybridized carbons (Fsp3) is 0.273. The summed E-state index contributed by atoms with van der Waals surface area (Å²) in [5, 5.41) is 11.3. The van der Waals surface area contributed by atoms with Gasteiger partial charge >= 0.3 is 0 Å². The Morgan fingerprint density at radius 2 is 2.06 bits per heavy atom. The third kappa shape index (κ3) is 2.13. The van der Waals surface area contributed by atoms with E-state index < -0.39 is 0 Å². The zero-order valence-corrected chi connectivity index (χ0v) is 9.00. The fourth-order valence-corrected chi connectivity index (χ4v) is 1.38. The van der Waals surface area contributed by atoms with Crippen molar-refractivity contribution in [3.63, 3.8) is 0 Å². The second-order valence-corrected chi connectivity index (χ2v) is 3.42. The summed E-state index contributed by atoms with van der Waals surface area (Å²) in [4.78, 5) is 11.3. The van der Waals surface area contributed by atoms with Crippen molar-refractivity contribution in [2.45, 2.75) is 19.9 Å². The molecular weight excluding hydrogens is 204 g/mol. The molecule has 0 unspecified atom stereocenters. The van der Waals surface area contributed by atoms with Crippen LogP contribution in [-0.2, 0) is 11.3 Å². The number of hydrogen-bond donors (Lipinski definition) is 0. The molecule has 0 aliphatic rings. The summed E-state index contributed by atoms with van der Waals surface area (Å²) in [6.07, 6.45) is 0.494. The number of carbonyl (C=O) groups is 1. The molecule has 0 radical (unpaired) electrons. The van der Waals surface area contributed by atoms with E-state index in [1.54, 1.807) is 0 Å². The van der Waals surface area contributed by atoms with Crippen molar-refractivity contribution >= 4 is 5.78 Å². The van der Waals surface area contributed by atoms with Crippen LogP contribution in [0.4, 0.5) is 0 Å². The second kappa shape index (κ2) is 4.65. The minimum absolute atomic E-state index is 0.115. The van der Waals surface area contributed by atoms with Crippen LogP contribution >= 0.6 is 0 Å². The van der Waals surface area contributed by atoms with Crippen LogP contribution in [0.25, 0.3) is 11.4 Å². The van der Waals surface area contributed by atoms with Crippen LogP contribution in [0.2, 0.25) is 0 Å². The Kier molecular flexibility index (Phi) is 3.05. The molecular formula is C11H12N4O. The monoisotopic (exact) mass is 216 g/mol. The number of ketones is 1. The normalized spacial score (nSPS) is 10.3. The van der Waals surface area contributed by atoms with Crippen LogP contribution in [0, 0.1) is 0 Å². The highest BCUT2D eigenvalue weighted by Crippen LogP contribution is 2.14. The number of rotatable bonds is 4. The van der Waals surface area contributed by atoms with E-state index in [0.717, 1.165) is 5.56 Å². The van der Waals surface area contributed by atoms with Crippen molar-refractivity contribution in [1.29, 1.82) is 0 Å². The molecule has 2 aromatic rings. The van der Waals surface area contributed by atoms with Crippen LogP contribution in [0.3, 0.4) is 0 Å². The van der Waals surface area contributed by atoms with Gasteiger partial charge in [0.2, 0.25) is 0 Å². The maximum atomic E-state index is 11.3. The van der Waals surface area contributed by atoms with E-state index in [-0.39, 0.29) is 12.3 Å². The number of carbonyl (C=O) groups excluding carboxylic acids is 1. The predicted molar refractivity (Wildman–Crippen MR) is 58.6 cm³/mol. The third-order valence-corrected chi connectivity index (χ3v) is 2.28. The van der Waals surface area contributed by atoms with Crippen molar-refractivity contribution in [2.75, 3.05) is 0 Å². The first-order valence-electron chi connectivity index (χ1n) is 5.14. The van der Waals surface area contributed by atoms with Gasteiger partial charge < -0.3 is 0 Å². The molecule has 5 nitrogen and oxygen atoms in total. The van der Waals surface area contributed by atoms with Gasteiger partial charge in [0, 0.05) is 12.0 Å². The van der Waals surface area contributed by atoms with E-state index in [1.165, 1.54) is 4.68 Å². The molecule has 5 heteroatoms. The summed E-state index contributed by atoms with van der Waals surface area (Å²) in [5.41, 5.74) is 0.913. The molecule has 0 amide bonds. The van der Waals surface area contributed by atoms with Crippen molar-refractivity contribution in [1.82, 2.24) is 20.2 Å². The molecule has 1 heterocycles. The maximum Gasteiger partial charge on any atom is 0.182 e. The summed E-state index contributed by atoms with van der Waals surface area (Å²) in [6, 6.07) is 9.58. The van der Waals surface area contributed by atoms with Gasteiger partial charge in [0.25, 0.3) is 0 Å². The van der Waals surface area contributed by atoms with Gasteiger partial charge in [-0.25, -0.2) is 4.68 Å². The zero-order valence-electron chi connectivity index (χ0n) is 9.00. The van der Waals surface area contributed by atoms with E-state index in [9.17, 15) is 4.79 Å². The van der Waals surface area contributed by atoms with Crippen LogP contribution in [0.5, 0.6) is 0 Å². The van der Waals surface area contributed by atoms with Gasteiger partial charge in [-0.2, -0.15) is 0 Å². The Bertz CT molecular complexity index is 478. The van der Waals surface area contributed by atoms with E-state index in [2.05, 4.69) is 15.5 Å². The topological polar surface area (TPSA) is 60.7 Å². The lowest BCUT2D eigenvalue weighted by Gasteiger charge is -2.02. The molecule has 0 bridgehead atoms. The Morgan fingerprint density at radius 1 is 1.31 bits per heavy atom. The molecule has 0 saturated carbocycles. The first-order chi connectivity index (χ1) is 7.81. The van der Waals surface area contributed by atoms with E-state index in [1.807, 2.05) is 37.3 Å². The van der Waals surface area contributed by atoms with Crippen LogP contribution in [0.15, 0.2) is 30.3 Å². The highest BCUT2D eigenvalue weighted by Gasteiger charge is 2.10. The Morgan fingerprint density at radius 3 is 2.75 bits per heavy atom.